The van der Waals surface area contributed by atoms with Gasteiger partial charge in [-0.25, -0.2) is 13.1 Å². The molecule has 2 rings (SSSR count). The Morgan fingerprint density at radius 2 is 2.11 bits per heavy atom. The number of nitrogens with zero attached hydrogens (tertiary/aromatic N) is 2. The summed E-state index contributed by atoms with van der Waals surface area (Å²) in [7, 11) is -1.89. The Hall–Kier alpha value is -1.08. The molecule has 6 nitrogen and oxygen atoms in total. The number of anilines is 1. The van der Waals surface area contributed by atoms with Gasteiger partial charge in [0.15, 0.2) is 5.82 Å². The van der Waals surface area contributed by atoms with Crippen molar-refractivity contribution in [1.29, 1.82) is 0 Å². The molecule has 0 aromatic carbocycles. The zero-order valence-corrected chi connectivity index (χ0v) is 12.5. The average Bonchev–Trinajstić information content (AvgIpc) is 2.52. The fraction of sp³-hybridized carbons (Fsp3) is 0.750. The van der Waals surface area contributed by atoms with Crippen molar-refractivity contribution in [2.75, 3.05) is 5.73 Å². The first-order chi connectivity index (χ1) is 8.81. The van der Waals surface area contributed by atoms with Crippen LogP contribution in [0.4, 0.5) is 5.82 Å². The summed E-state index contributed by atoms with van der Waals surface area (Å²) in [5.41, 5.74) is 6.27. The Bertz CT molecular complexity index is 565. The number of nitrogens with two attached hydrogens (primary N) is 1. The molecular formula is C12H22N4O2S. The molecule has 1 aromatic rings. The highest BCUT2D eigenvalue weighted by Crippen LogP contribution is 2.27. The van der Waals surface area contributed by atoms with Crippen molar-refractivity contribution in [2.45, 2.75) is 50.5 Å². The van der Waals surface area contributed by atoms with Gasteiger partial charge in [0, 0.05) is 13.1 Å². The van der Waals surface area contributed by atoms with Gasteiger partial charge in [-0.15, -0.1) is 0 Å². The van der Waals surface area contributed by atoms with E-state index in [1.165, 1.54) is 11.1 Å². The van der Waals surface area contributed by atoms with Gasteiger partial charge in [-0.3, -0.25) is 4.68 Å². The van der Waals surface area contributed by atoms with Crippen molar-refractivity contribution in [2.24, 2.45) is 13.0 Å². The van der Waals surface area contributed by atoms with E-state index in [1.54, 1.807) is 14.0 Å². The van der Waals surface area contributed by atoms with E-state index >= 15 is 0 Å². The summed E-state index contributed by atoms with van der Waals surface area (Å²) in [6, 6.07) is 0.00718. The molecule has 3 N–H and O–H groups in total. The summed E-state index contributed by atoms with van der Waals surface area (Å²) >= 11 is 0. The van der Waals surface area contributed by atoms with Crippen molar-refractivity contribution in [1.82, 2.24) is 14.5 Å². The van der Waals surface area contributed by atoms with Gasteiger partial charge in [0.25, 0.3) is 0 Å². The van der Waals surface area contributed by atoms with Crippen LogP contribution in [0, 0.1) is 12.8 Å². The van der Waals surface area contributed by atoms with Gasteiger partial charge in [0.1, 0.15) is 4.90 Å². The number of nitrogens with one attached hydrogen (secondary N) is 1. The molecule has 1 fully saturated rings. The van der Waals surface area contributed by atoms with Gasteiger partial charge >= 0.3 is 0 Å². The van der Waals surface area contributed by atoms with Crippen molar-refractivity contribution in [3.63, 3.8) is 0 Å². The van der Waals surface area contributed by atoms with E-state index in [-0.39, 0.29) is 16.8 Å². The van der Waals surface area contributed by atoms with Crippen LogP contribution in [0.25, 0.3) is 0 Å². The van der Waals surface area contributed by atoms with Crippen molar-refractivity contribution >= 4 is 15.8 Å². The van der Waals surface area contributed by atoms with E-state index in [2.05, 4.69) is 16.7 Å². The highest BCUT2D eigenvalue weighted by molar-refractivity contribution is 7.89. The molecule has 1 aliphatic rings. The van der Waals surface area contributed by atoms with E-state index in [0.29, 0.717) is 11.6 Å². The van der Waals surface area contributed by atoms with Crippen LogP contribution in [0.15, 0.2) is 4.90 Å². The third-order valence-corrected chi connectivity index (χ3v) is 5.52. The number of aromatic nitrogens is 2. The van der Waals surface area contributed by atoms with Crippen LogP contribution in [-0.4, -0.2) is 24.2 Å². The Morgan fingerprint density at radius 3 is 2.63 bits per heavy atom. The molecule has 0 aliphatic heterocycles. The van der Waals surface area contributed by atoms with E-state index in [1.807, 2.05) is 0 Å². The maximum Gasteiger partial charge on any atom is 0.246 e. The number of hydrogen-bond acceptors (Lipinski definition) is 4. The molecule has 0 saturated heterocycles. The quantitative estimate of drug-likeness (QED) is 0.872. The second-order valence-corrected chi connectivity index (χ2v) is 7.16. The first kappa shape index (κ1) is 14.3. The summed E-state index contributed by atoms with van der Waals surface area (Å²) in [5, 5.41) is 3.96. The smallest absolute Gasteiger partial charge is 0.246 e. The normalized spacial score (nSPS) is 24.6. The van der Waals surface area contributed by atoms with Crippen LogP contribution in [0.1, 0.15) is 38.3 Å². The molecular weight excluding hydrogens is 264 g/mol. The molecule has 0 radical (unpaired) electrons. The van der Waals surface area contributed by atoms with Crippen molar-refractivity contribution in [3.05, 3.63) is 5.69 Å². The molecule has 2 unspecified atom stereocenters. The van der Waals surface area contributed by atoms with Crippen molar-refractivity contribution in [3.8, 4) is 0 Å². The third kappa shape index (κ3) is 2.92. The number of sulfonamides is 1. The SMILES string of the molecule is Cc1c(S(=O)(=O)NC2CCCC(C)C2)c(N)nn1C. The first-order valence-corrected chi connectivity index (χ1v) is 8.11. The van der Waals surface area contributed by atoms with Gasteiger partial charge in [0.2, 0.25) is 10.0 Å². The average molecular weight is 286 g/mol. The van der Waals surface area contributed by atoms with Gasteiger partial charge in [-0.05, 0) is 25.7 Å². The van der Waals surface area contributed by atoms with Crippen LogP contribution >= 0.6 is 0 Å². The fourth-order valence-corrected chi connectivity index (χ4v) is 4.37. The molecule has 0 amide bonds. The zero-order chi connectivity index (χ0) is 14.2. The van der Waals surface area contributed by atoms with Crippen LogP contribution in [0.2, 0.25) is 0 Å². The monoisotopic (exact) mass is 286 g/mol. The van der Waals surface area contributed by atoms with Crippen molar-refractivity contribution < 1.29 is 8.42 Å². The summed E-state index contributed by atoms with van der Waals surface area (Å²) in [4.78, 5) is 0.119. The first-order valence-electron chi connectivity index (χ1n) is 6.62. The lowest BCUT2D eigenvalue weighted by molar-refractivity contribution is 0.327. The molecule has 7 heteroatoms. The minimum atomic E-state index is -3.58. The molecule has 2 atom stereocenters. The number of nitrogen functional groups attached to an aromatic ring is 1. The molecule has 108 valence electrons. The molecule has 0 spiro atoms. The van der Waals surface area contributed by atoms with Crippen LogP contribution in [0.3, 0.4) is 0 Å². The van der Waals surface area contributed by atoms with Crippen LogP contribution in [-0.2, 0) is 17.1 Å². The van der Waals surface area contributed by atoms with E-state index in [0.717, 1.165) is 19.3 Å². The fourth-order valence-electron chi connectivity index (χ4n) is 2.77. The standard InChI is InChI=1S/C12H22N4O2S/c1-8-5-4-6-10(7-8)15-19(17,18)11-9(2)16(3)14-12(11)13/h8,10,15H,4-7H2,1-3H3,(H2,13,14). The Morgan fingerprint density at radius 1 is 1.42 bits per heavy atom. The maximum absolute atomic E-state index is 12.4. The molecule has 1 saturated carbocycles. The predicted octanol–water partition coefficient (Wildman–Crippen LogP) is 1.17. The van der Waals surface area contributed by atoms with Gasteiger partial charge in [0.05, 0.1) is 5.69 Å². The minimum Gasteiger partial charge on any atom is -0.381 e. The van der Waals surface area contributed by atoms with E-state index in [9.17, 15) is 8.42 Å². The maximum atomic E-state index is 12.4. The number of aryl methyl sites for hydroxylation is 1. The predicted molar refractivity (Wildman–Crippen MR) is 74.1 cm³/mol. The summed E-state index contributed by atoms with van der Waals surface area (Å²) < 4.78 is 29.1. The second-order valence-electron chi connectivity index (χ2n) is 5.51. The van der Waals surface area contributed by atoms with Crippen LogP contribution < -0.4 is 10.5 Å². The topological polar surface area (TPSA) is 90.0 Å². The largest absolute Gasteiger partial charge is 0.381 e. The highest BCUT2D eigenvalue weighted by Gasteiger charge is 2.29. The summed E-state index contributed by atoms with van der Waals surface area (Å²) in [6.07, 6.45) is 4.02. The number of rotatable bonds is 3. The Kier molecular flexibility index (Phi) is 3.87. The Labute approximate surface area is 114 Å². The second kappa shape index (κ2) is 5.13. The molecule has 1 aliphatic carbocycles. The molecule has 1 aromatic heterocycles. The number of hydrogen-bond donors (Lipinski definition) is 2. The minimum absolute atomic E-state index is 0.00718. The third-order valence-electron chi connectivity index (χ3n) is 3.83. The van der Waals surface area contributed by atoms with E-state index < -0.39 is 10.0 Å². The lowest BCUT2D eigenvalue weighted by atomic mass is 9.88. The summed E-state index contributed by atoms with van der Waals surface area (Å²) in [6.45, 7) is 3.87. The molecule has 1 heterocycles. The van der Waals surface area contributed by atoms with Crippen LogP contribution in [0.5, 0.6) is 0 Å². The molecule has 0 bridgehead atoms. The van der Waals surface area contributed by atoms with E-state index in [4.69, 9.17) is 5.73 Å². The van der Waals surface area contributed by atoms with Gasteiger partial charge in [-0.1, -0.05) is 19.8 Å². The van der Waals surface area contributed by atoms with Gasteiger partial charge < -0.3 is 5.73 Å². The van der Waals surface area contributed by atoms with Gasteiger partial charge in [-0.2, -0.15) is 5.10 Å². The lowest BCUT2D eigenvalue weighted by Gasteiger charge is -2.27. The summed E-state index contributed by atoms with van der Waals surface area (Å²) in [5.74, 6) is 0.630. The molecule has 19 heavy (non-hydrogen) atoms. The lowest BCUT2D eigenvalue weighted by Crippen LogP contribution is -2.38. The highest BCUT2D eigenvalue weighted by atomic mass is 32.2. The zero-order valence-electron chi connectivity index (χ0n) is 11.7. The Balaban J connectivity index is 2.23.